The van der Waals surface area contributed by atoms with Crippen LogP contribution in [-0.4, -0.2) is 17.6 Å². The van der Waals surface area contributed by atoms with Gasteiger partial charge in [0.25, 0.3) is 0 Å². The first kappa shape index (κ1) is 14.0. The second-order valence-electron chi connectivity index (χ2n) is 2.49. The SMILES string of the molecule is CCC(CC[NH3+])=C(C)C(=O)O.[Cl-]. The Morgan fingerprint density at radius 2 is 2.00 bits per heavy atom. The number of hydrogen-bond donors (Lipinski definition) is 2. The second-order valence-corrected chi connectivity index (χ2v) is 2.49. The molecule has 0 atom stereocenters. The summed E-state index contributed by atoms with van der Waals surface area (Å²) >= 11 is 0. The smallest absolute Gasteiger partial charge is 0.331 e. The Bertz CT molecular complexity index is 178. The second kappa shape index (κ2) is 7.13. The molecule has 0 rings (SSSR count). The molecule has 0 amide bonds. The molecule has 0 bridgehead atoms. The van der Waals surface area contributed by atoms with Crippen molar-refractivity contribution >= 4 is 5.97 Å². The molecule has 0 aliphatic rings. The lowest BCUT2D eigenvalue weighted by Gasteiger charge is -2.03. The van der Waals surface area contributed by atoms with Crippen LogP contribution in [0.1, 0.15) is 26.7 Å². The first-order valence-corrected chi connectivity index (χ1v) is 3.84. The minimum atomic E-state index is -0.810. The molecule has 0 saturated heterocycles. The number of halogens is 1. The Kier molecular flexibility index (Phi) is 8.32. The molecule has 72 valence electrons. The lowest BCUT2D eigenvalue weighted by Crippen LogP contribution is -3.00. The fourth-order valence-electron chi connectivity index (χ4n) is 0.994. The van der Waals surface area contributed by atoms with E-state index in [1.54, 1.807) is 6.92 Å². The number of hydrogen-bond acceptors (Lipinski definition) is 1. The van der Waals surface area contributed by atoms with E-state index in [-0.39, 0.29) is 12.4 Å². The van der Waals surface area contributed by atoms with Crippen molar-refractivity contribution < 1.29 is 28.0 Å². The van der Waals surface area contributed by atoms with Crippen LogP contribution in [0.25, 0.3) is 0 Å². The van der Waals surface area contributed by atoms with E-state index < -0.39 is 5.97 Å². The summed E-state index contributed by atoms with van der Waals surface area (Å²) in [5.41, 5.74) is 5.18. The summed E-state index contributed by atoms with van der Waals surface area (Å²) in [6, 6.07) is 0. The summed E-state index contributed by atoms with van der Waals surface area (Å²) in [6.07, 6.45) is 1.61. The first-order chi connectivity index (χ1) is 5.13. The van der Waals surface area contributed by atoms with Gasteiger partial charge in [-0.2, -0.15) is 0 Å². The van der Waals surface area contributed by atoms with Crippen molar-refractivity contribution in [3.05, 3.63) is 11.1 Å². The molecule has 4 N–H and O–H groups in total. The van der Waals surface area contributed by atoms with Crippen LogP contribution in [0.2, 0.25) is 0 Å². The minimum Gasteiger partial charge on any atom is -1.00 e. The molecule has 0 heterocycles. The average molecular weight is 194 g/mol. The number of carboxylic acids is 1. The van der Waals surface area contributed by atoms with Crippen LogP contribution in [0.15, 0.2) is 11.1 Å². The maximum absolute atomic E-state index is 10.5. The van der Waals surface area contributed by atoms with Gasteiger partial charge in [0, 0.05) is 12.0 Å². The highest BCUT2D eigenvalue weighted by atomic mass is 35.5. The Morgan fingerprint density at radius 3 is 2.25 bits per heavy atom. The summed E-state index contributed by atoms with van der Waals surface area (Å²) in [7, 11) is 0. The number of quaternary nitrogens is 1. The number of rotatable bonds is 4. The molecule has 0 fully saturated rings. The third-order valence-corrected chi connectivity index (χ3v) is 1.76. The van der Waals surface area contributed by atoms with Gasteiger partial charge in [-0.25, -0.2) is 4.79 Å². The number of carboxylic acid groups (broad SMARTS) is 1. The molecule has 0 saturated carbocycles. The fraction of sp³-hybridized carbons (Fsp3) is 0.625. The molecular weight excluding hydrogens is 178 g/mol. The third-order valence-electron chi connectivity index (χ3n) is 1.76. The van der Waals surface area contributed by atoms with Crippen molar-refractivity contribution in [3.63, 3.8) is 0 Å². The van der Waals surface area contributed by atoms with E-state index in [9.17, 15) is 4.79 Å². The van der Waals surface area contributed by atoms with Gasteiger partial charge in [-0.3, -0.25) is 0 Å². The molecule has 0 unspecified atom stereocenters. The Labute approximate surface area is 79.1 Å². The van der Waals surface area contributed by atoms with Gasteiger partial charge in [0.2, 0.25) is 0 Å². The van der Waals surface area contributed by atoms with Gasteiger partial charge in [0.15, 0.2) is 0 Å². The summed E-state index contributed by atoms with van der Waals surface area (Å²) in [5.74, 6) is -0.810. The Hall–Kier alpha value is -0.540. The van der Waals surface area contributed by atoms with E-state index in [0.717, 1.165) is 25.0 Å². The lowest BCUT2D eigenvalue weighted by molar-refractivity contribution is -0.366. The van der Waals surface area contributed by atoms with Crippen LogP contribution in [0, 0.1) is 0 Å². The maximum Gasteiger partial charge on any atom is 0.331 e. The highest BCUT2D eigenvalue weighted by Crippen LogP contribution is 2.11. The highest BCUT2D eigenvalue weighted by Gasteiger charge is 2.06. The molecular formula is C8H16ClNO2. The molecule has 0 aromatic carbocycles. The van der Waals surface area contributed by atoms with E-state index in [1.165, 1.54) is 0 Å². The van der Waals surface area contributed by atoms with Crippen LogP contribution in [0.5, 0.6) is 0 Å². The maximum atomic E-state index is 10.5. The van der Waals surface area contributed by atoms with Crippen LogP contribution < -0.4 is 18.1 Å². The highest BCUT2D eigenvalue weighted by molar-refractivity contribution is 5.86. The topological polar surface area (TPSA) is 64.9 Å². The summed E-state index contributed by atoms with van der Waals surface area (Å²) in [5, 5.41) is 8.63. The molecule has 3 nitrogen and oxygen atoms in total. The monoisotopic (exact) mass is 193 g/mol. The van der Waals surface area contributed by atoms with Gasteiger partial charge in [0.1, 0.15) is 0 Å². The van der Waals surface area contributed by atoms with E-state index in [0.29, 0.717) is 5.57 Å². The van der Waals surface area contributed by atoms with E-state index in [2.05, 4.69) is 5.73 Å². The van der Waals surface area contributed by atoms with Gasteiger partial charge >= 0.3 is 5.97 Å². The number of carbonyl (C=O) groups is 1. The molecule has 12 heavy (non-hydrogen) atoms. The van der Waals surface area contributed by atoms with Gasteiger partial charge in [-0.15, -0.1) is 0 Å². The predicted octanol–water partition coefficient (Wildman–Crippen LogP) is -2.57. The molecule has 0 aromatic heterocycles. The van der Waals surface area contributed by atoms with Crippen molar-refractivity contribution in [3.8, 4) is 0 Å². The van der Waals surface area contributed by atoms with Crippen molar-refractivity contribution in [2.45, 2.75) is 26.7 Å². The standard InChI is InChI=1S/C8H15NO2.ClH/c1-3-7(4-5-9)6(2)8(10)11;/h3-5,9H2,1-2H3,(H,10,11);1H. The molecule has 0 aromatic rings. The van der Waals surface area contributed by atoms with Crippen molar-refractivity contribution in [2.75, 3.05) is 6.54 Å². The van der Waals surface area contributed by atoms with Crippen LogP contribution in [0.3, 0.4) is 0 Å². The normalized spacial score (nSPS) is 11.6. The zero-order chi connectivity index (χ0) is 8.85. The summed E-state index contributed by atoms with van der Waals surface area (Å²) in [4.78, 5) is 10.5. The molecule has 4 heteroatoms. The zero-order valence-corrected chi connectivity index (χ0v) is 8.32. The predicted molar refractivity (Wildman–Crippen MR) is 43.0 cm³/mol. The first-order valence-electron chi connectivity index (χ1n) is 3.84. The summed E-state index contributed by atoms with van der Waals surface area (Å²) < 4.78 is 0. The van der Waals surface area contributed by atoms with Crippen LogP contribution in [-0.2, 0) is 4.79 Å². The van der Waals surface area contributed by atoms with Gasteiger partial charge in [0.05, 0.1) is 6.54 Å². The minimum absolute atomic E-state index is 0. The largest absolute Gasteiger partial charge is 1.00 e. The van der Waals surface area contributed by atoms with E-state index >= 15 is 0 Å². The average Bonchev–Trinajstić information content (AvgIpc) is 1.98. The van der Waals surface area contributed by atoms with Crippen LogP contribution >= 0.6 is 0 Å². The molecule has 0 radical (unpaired) electrons. The van der Waals surface area contributed by atoms with Crippen molar-refractivity contribution in [1.29, 1.82) is 0 Å². The quantitative estimate of drug-likeness (QED) is 0.483. The fourth-order valence-corrected chi connectivity index (χ4v) is 0.994. The molecule has 0 spiro atoms. The third kappa shape index (κ3) is 4.36. The van der Waals surface area contributed by atoms with E-state index in [1.807, 2.05) is 6.92 Å². The summed E-state index contributed by atoms with van der Waals surface area (Å²) in [6.45, 7) is 4.39. The number of aliphatic carboxylic acids is 1. The Balaban J connectivity index is 0. The Morgan fingerprint density at radius 1 is 1.50 bits per heavy atom. The molecule has 0 aliphatic heterocycles. The van der Waals surface area contributed by atoms with Crippen molar-refractivity contribution in [1.82, 2.24) is 0 Å². The van der Waals surface area contributed by atoms with Gasteiger partial charge < -0.3 is 23.2 Å². The van der Waals surface area contributed by atoms with Gasteiger partial charge in [-0.1, -0.05) is 12.5 Å². The zero-order valence-electron chi connectivity index (χ0n) is 7.56. The van der Waals surface area contributed by atoms with Gasteiger partial charge in [-0.05, 0) is 13.3 Å². The van der Waals surface area contributed by atoms with E-state index in [4.69, 9.17) is 5.11 Å². The lowest BCUT2D eigenvalue weighted by atomic mass is 10.0. The van der Waals surface area contributed by atoms with Crippen molar-refractivity contribution in [2.24, 2.45) is 0 Å². The van der Waals surface area contributed by atoms with Crippen LogP contribution in [0.4, 0.5) is 0 Å². The molecule has 0 aliphatic carbocycles.